The van der Waals surface area contributed by atoms with Crippen LogP contribution in [0.1, 0.15) is 19.3 Å². The smallest absolute Gasteiger partial charge is 0.384 e. The van der Waals surface area contributed by atoms with E-state index in [1.807, 2.05) is 5.92 Å². The van der Waals surface area contributed by atoms with Crippen LogP contribution in [0.3, 0.4) is 0 Å². The predicted molar refractivity (Wildman–Crippen MR) is 43.4 cm³/mol. The number of esters is 1. The standard InChI is InChI=1S/C9H12O3/c1-2-9(10)12-7-8-5-3-4-6-11-8/h1,8H,3-7H2. The van der Waals surface area contributed by atoms with E-state index in [1.54, 1.807) is 0 Å². The Balaban J connectivity index is 2.14. The van der Waals surface area contributed by atoms with Gasteiger partial charge in [0.25, 0.3) is 0 Å². The van der Waals surface area contributed by atoms with Crippen LogP contribution in [0, 0.1) is 12.3 Å². The van der Waals surface area contributed by atoms with Gasteiger partial charge in [0.1, 0.15) is 6.61 Å². The summed E-state index contributed by atoms with van der Waals surface area (Å²) in [5, 5.41) is 0. The summed E-state index contributed by atoms with van der Waals surface area (Å²) < 4.78 is 10.1. The van der Waals surface area contributed by atoms with Gasteiger partial charge >= 0.3 is 5.97 Å². The van der Waals surface area contributed by atoms with Crippen LogP contribution in [0.5, 0.6) is 0 Å². The van der Waals surface area contributed by atoms with Gasteiger partial charge in [-0.1, -0.05) is 0 Å². The molecule has 1 saturated heterocycles. The zero-order chi connectivity index (χ0) is 8.81. The minimum atomic E-state index is -0.607. The summed E-state index contributed by atoms with van der Waals surface area (Å²) in [4.78, 5) is 10.5. The molecule has 1 aliphatic rings. The molecule has 1 atom stereocenters. The quantitative estimate of drug-likeness (QED) is 0.346. The van der Waals surface area contributed by atoms with Crippen LogP contribution >= 0.6 is 0 Å². The summed E-state index contributed by atoms with van der Waals surface area (Å²) in [6, 6.07) is 0. The van der Waals surface area contributed by atoms with Crippen LogP contribution in [-0.4, -0.2) is 25.3 Å². The van der Waals surface area contributed by atoms with Gasteiger partial charge in [0, 0.05) is 12.5 Å². The van der Waals surface area contributed by atoms with Gasteiger partial charge < -0.3 is 9.47 Å². The van der Waals surface area contributed by atoms with Gasteiger partial charge in [-0.2, -0.15) is 0 Å². The summed E-state index contributed by atoms with van der Waals surface area (Å²) in [5.74, 6) is 1.28. The Hall–Kier alpha value is -1.01. The highest BCUT2D eigenvalue weighted by Crippen LogP contribution is 2.12. The summed E-state index contributed by atoms with van der Waals surface area (Å²) in [6.45, 7) is 1.06. The van der Waals surface area contributed by atoms with Crippen LogP contribution in [0.25, 0.3) is 0 Å². The van der Waals surface area contributed by atoms with Gasteiger partial charge in [-0.3, -0.25) is 0 Å². The third-order valence-corrected chi connectivity index (χ3v) is 1.79. The molecule has 1 unspecified atom stereocenters. The third kappa shape index (κ3) is 2.93. The lowest BCUT2D eigenvalue weighted by atomic mass is 10.1. The molecule has 12 heavy (non-hydrogen) atoms. The second-order valence-corrected chi connectivity index (χ2v) is 2.73. The number of rotatable bonds is 2. The van der Waals surface area contributed by atoms with E-state index in [1.165, 1.54) is 0 Å². The molecule has 0 N–H and O–H groups in total. The van der Waals surface area contributed by atoms with E-state index in [4.69, 9.17) is 15.9 Å². The molecule has 1 heterocycles. The number of hydrogen-bond donors (Lipinski definition) is 0. The van der Waals surface area contributed by atoms with Crippen molar-refractivity contribution in [3.63, 3.8) is 0 Å². The molecule has 0 amide bonds. The first kappa shape index (κ1) is 9.08. The molecule has 0 radical (unpaired) electrons. The van der Waals surface area contributed by atoms with Crippen molar-refractivity contribution in [1.29, 1.82) is 0 Å². The van der Waals surface area contributed by atoms with Crippen LogP contribution in [0.15, 0.2) is 0 Å². The zero-order valence-electron chi connectivity index (χ0n) is 6.91. The first-order valence-corrected chi connectivity index (χ1v) is 4.08. The molecule has 0 saturated carbocycles. The molecule has 1 rings (SSSR count). The first-order valence-electron chi connectivity index (χ1n) is 4.08. The number of carbonyl (C=O) groups excluding carboxylic acids is 1. The van der Waals surface area contributed by atoms with Crippen molar-refractivity contribution >= 4 is 5.97 Å². The fourth-order valence-electron chi connectivity index (χ4n) is 1.15. The molecular formula is C9H12O3. The summed E-state index contributed by atoms with van der Waals surface area (Å²) in [7, 11) is 0. The van der Waals surface area contributed by atoms with Crippen LogP contribution in [0.2, 0.25) is 0 Å². The number of ether oxygens (including phenoxy) is 2. The summed E-state index contributed by atoms with van der Waals surface area (Å²) in [5.41, 5.74) is 0. The Morgan fingerprint density at radius 3 is 3.08 bits per heavy atom. The highest BCUT2D eigenvalue weighted by atomic mass is 16.6. The number of hydrogen-bond acceptors (Lipinski definition) is 3. The lowest BCUT2D eigenvalue weighted by Gasteiger charge is -2.21. The zero-order valence-corrected chi connectivity index (χ0v) is 6.91. The van der Waals surface area contributed by atoms with Gasteiger partial charge in [0.05, 0.1) is 6.10 Å². The van der Waals surface area contributed by atoms with E-state index in [0.29, 0.717) is 6.61 Å². The van der Waals surface area contributed by atoms with Crippen LogP contribution in [0.4, 0.5) is 0 Å². The van der Waals surface area contributed by atoms with Gasteiger partial charge in [-0.15, -0.1) is 6.42 Å². The Morgan fingerprint density at radius 1 is 1.67 bits per heavy atom. The minimum Gasteiger partial charge on any atom is -0.453 e. The van der Waals surface area contributed by atoms with Crippen molar-refractivity contribution in [1.82, 2.24) is 0 Å². The highest BCUT2D eigenvalue weighted by Gasteiger charge is 2.14. The fraction of sp³-hybridized carbons (Fsp3) is 0.667. The van der Waals surface area contributed by atoms with Gasteiger partial charge in [0.15, 0.2) is 0 Å². The first-order chi connectivity index (χ1) is 5.83. The van der Waals surface area contributed by atoms with Crippen molar-refractivity contribution in [3.8, 4) is 12.3 Å². The van der Waals surface area contributed by atoms with Gasteiger partial charge in [-0.25, -0.2) is 4.79 Å². The molecule has 0 aliphatic carbocycles. The Morgan fingerprint density at radius 2 is 2.50 bits per heavy atom. The van der Waals surface area contributed by atoms with E-state index in [2.05, 4.69) is 0 Å². The van der Waals surface area contributed by atoms with Crippen molar-refractivity contribution in [2.24, 2.45) is 0 Å². The van der Waals surface area contributed by atoms with Crippen molar-refractivity contribution in [2.45, 2.75) is 25.4 Å². The highest BCUT2D eigenvalue weighted by molar-refractivity contribution is 5.87. The predicted octanol–water partition coefficient (Wildman–Crippen LogP) is 0.732. The Kier molecular flexibility index (Phi) is 3.62. The van der Waals surface area contributed by atoms with Gasteiger partial charge in [0.2, 0.25) is 0 Å². The van der Waals surface area contributed by atoms with Gasteiger partial charge in [-0.05, 0) is 19.3 Å². The molecular weight excluding hydrogens is 156 g/mol. The van der Waals surface area contributed by atoms with E-state index in [0.717, 1.165) is 25.9 Å². The molecule has 66 valence electrons. The lowest BCUT2D eigenvalue weighted by molar-refractivity contribution is -0.142. The largest absolute Gasteiger partial charge is 0.453 e. The Bertz CT molecular complexity index is 186. The molecule has 3 nitrogen and oxygen atoms in total. The summed E-state index contributed by atoms with van der Waals surface area (Å²) >= 11 is 0. The van der Waals surface area contributed by atoms with E-state index >= 15 is 0 Å². The fourth-order valence-corrected chi connectivity index (χ4v) is 1.15. The van der Waals surface area contributed by atoms with Crippen LogP contribution < -0.4 is 0 Å². The third-order valence-electron chi connectivity index (χ3n) is 1.79. The average Bonchev–Trinajstić information content (AvgIpc) is 2.16. The topological polar surface area (TPSA) is 35.5 Å². The van der Waals surface area contributed by atoms with Crippen LogP contribution in [-0.2, 0) is 14.3 Å². The minimum absolute atomic E-state index is 0.0519. The van der Waals surface area contributed by atoms with Crippen molar-refractivity contribution < 1.29 is 14.3 Å². The number of terminal acetylenes is 1. The monoisotopic (exact) mass is 168 g/mol. The normalized spacial score (nSPS) is 22.8. The van der Waals surface area contributed by atoms with Crippen molar-refractivity contribution in [2.75, 3.05) is 13.2 Å². The average molecular weight is 168 g/mol. The molecule has 1 aliphatic heterocycles. The Labute approximate surface area is 72.0 Å². The molecule has 0 bridgehead atoms. The van der Waals surface area contributed by atoms with Crippen molar-refractivity contribution in [3.05, 3.63) is 0 Å². The second-order valence-electron chi connectivity index (χ2n) is 2.73. The molecule has 3 heteroatoms. The SMILES string of the molecule is C#CC(=O)OCC1CCCCO1. The molecule has 0 spiro atoms. The molecule has 0 aromatic rings. The molecule has 0 aromatic heterocycles. The summed E-state index contributed by atoms with van der Waals surface area (Å²) in [6.07, 6.45) is 8.06. The maximum atomic E-state index is 10.5. The van der Waals surface area contributed by atoms with E-state index in [9.17, 15) is 4.79 Å². The molecule has 0 aromatic carbocycles. The maximum absolute atomic E-state index is 10.5. The number of carbonyl (C=O) groups is 1. The van der Waals surface area contributed by atoms with E-state index < -0.39 is 5.97 Å². The van der Waals surface area contributed by atoms with E-state index in [-0.39, 0.29) is 6.10 Å². The maximum Gasteiger partial charge on any atom is 0.384 e. The lowest BCUT2D eigenvalue weighted by Crippen LogP contribution is -2.25. The molecule has 1 fully saturated rings. The second kappa shape index (κ2) is 4.78.